The Morgan fingerprint density at radius 1 is 0.533 bits per heavy atom. The molecule has 60 heavy (non-hydrogen) atoms. The Labute approximate surface area is 359 Å². The Bertz CT molecular complexity index is 2060. The van der Waals surface area contributed by atoms with Crippen LogP contribution in [0.1, 0.15) is 152 Å². The van der Waals surface area contributed by atoms with Crippen molar-refractivity contribution < 1.29 is 19.8 Å². The summed E-state index contributed by atoms with van der Waals surface area (Å²) in [6.45, 7) is 8.61. The Kier molecular flexibility index (Phi) is 16.7. The fourth-order valence-corrected chi connectivity index (χ4v) is 10.1. The summed E-state index contributed by atoms with van der Waals surface area (Å²) in [5.41, 5.74) is 6.61. The zero-order chi connectivity index (χ0) is 43.1. The maximum atomic E-state index is 12.1. The maximum Gasteiger partial charge on any atom is 0.324 e. The van der Waals surface area contributed by atoms with Crippen molar-refractivity contribution in [3.05, 3.63) is 119 Å². The lowest BCUT2D eigenvalue weighted by Crippen LogP contribution is -2.42. The number of carbonyl (C=O) groups is 2. The van der Waals surface area contributed by atoms with Gasteiger partial charge in [-0.1, -0.05) is 176 Å². The molecule has 6 heteroatoms. The summed E-state index contributed by atoms with van der Waals surface area (Å²) in [5, 5.41) is 39.3. The third-order valence-electron chi connectivity index (χ3n) is 13.6. The molecule has 0 saturated heterocycles. The van der Waals surface area contributed by atoms with E-state index < -0.39 is 22.8 Å². The highest BCUT2D eigenvalue weighted by Gasteiger charge is 2.52. The summed E-state index contributed by atoms with van der Waals surface area (Å²) in [4.78, 5) is 24.1. The molecule has 0 bridgehead atoms. The van der Waals surface area contributed by atoms with E-state index in [1.807, 2.05) is 24.3 Å². The highest BCUT2D eigenvalue weighted by Crippen LogP contribution is 2.52. The number of benzene rings is 4. The topological polar surface area (TPSA) is 122 Å². The lowest BCUT2D eigenvalue weighted by atomic mass is 9.60. The van der Waals surface area contributed by atoms with Gasteiger partial charge in [0.15, 0.2) is 10.8 Å². The van der Waals surface area contributed by atoms with Gasteiger partial charge in [0.25, 0.3) is 0 Å². The second-order valence-corrected chi connectivity index (χ2v) is 17.7. The van der Waals surface area contributed by atoms with Gasteiger partial charge >= 0.3 is 11.9 Å². The van der Waals surface area contributed by atoms with Gasteiger partial charge in [-0.2, -0.15) is 10.5 Å². The molecule has 0 aliphatic heterocycles. The zero-order valence-electron chi connectivity index (χ0n) is 36.5. The van der Waals surface area contributed by atoms with Crippen LogP contribution in [0.5, 0.6) is 0 Å². The van der Waals surface area contributed by atoms with Gasteiger partial charge in [-0.15, -0.1) is 0 Å². The lowest BCUT2D eigenvalue weighted by molar-refractivity contribution is -0.150. The molecule has 2 aliphatic carbocycles. The van der Waals surface area contributed by atoms with Gasteiger partial charge in [0.1, 0.15) is 0 Å². The summed E-state index contributed by atoms with van der Waals surface area (Å²) in [6.07, 6.45) is 16.8. The number of nitriles is 2. The number of aryl methyl sites for hydroxylation is 2. The number of aliphatic carboxylic acids is 2. The van der Waals surface area contributed by atoms with Gasteiger partial charge in [0.2, 0.25) is 0 Å². The smallest absolute Gasteiger partial charge is 0.324 e. The van der Waals surface area contributed by atoms with Crippen LogP contribution in [0.15, 0.2) is 97.1 Å². The van der Waals surface area contributed by atoms with Crippen molar-refractivity contribution in [2.24, 2.45) is 22.7 Å². The predicted octanol–water partition coefficient (Wildman–Crippen LogP) is 13.9. The molecule has 0 heterocycles. The number of rotatable bonds is 16. The van der Waals surface area contributed by atoms with Crippen LogP contribution in [-0.4, -0.2) is 22.2 Å². The van der Waals surface area contributed by atoms with E-state index >= 15 is 0 Å². The van der Waals surface area contributed by atoms with Crippen LogP contribution in [0.25, 0.3) is 22.3 Å². The molecule has 0 spiro atoms. The van der Waals surface area contributed by atoms with Crippen molar-refractivity contribution in [2.75, 3.05) is 0 Å². The fourth-order valence-electron chi connectivity index (χ4n) is 10.1. The average molecular weight is 807 g/mol. The molecule has 2 fully saturated rings. The molecule has 0 radical (unpaired) electrons. The molecule has 6 nitrogen and oxygen atoms in total. The predicted molar refractivity (Wildman–Crippen MR) is 242 cm³/mol. The van der Waals surface area contributed by atoms with E-state index in [0.29, 0.717) is 12.8 Å². The first-order valence-corrected chi connectivity index (χ1v) is 22.7. The van der Waals surface area contributed by atoms with Crippen LogP contribution in [0.2, 0.25) is 0 Å². The molecule has 0 amide bonds. The Balaban J connectivity index is 0.000000228. The van der Waals surface area contributed by atoms with E-state index in [0.717, 1.165) is 66.3 Å². The molecule has 4 aromatic carbocycles. The SMILES string of the molecule is CCCCCCCc1ccc(-c2ccc(C3C(C)CCCC3(C#N)C(=O)O)cc2)cc1.CCCCCc1ccc(-c2ccc(C3C(C)CCCC3(C#N)C(=O)O)cc2)cc1. The van der Waals surface area contributed by atoms with E-state index in [-0.39, 0.29) is 23.7 Å². The number of carboxylic acid groups (broad SMARTS) is 2. The van der Waals surface area contributed by atoms with Crippen molar-refractivity contribution >= 4 is 11.9 Å². The Morgan fingerprint density at radius 3 is 1.18 bits per heavy atom. The number of hydrogen-bond acceptors (Lipinski definition) is 4. The van der Waals surface area contributed by atoms with Crippen LogP contribution in [0.3, 0.4) is 0 Å². The van der Waals surface area contributed by atoms with Gasteiger partial charge in [-0.05, 0) is 108 Å². The van der Waals surface area contributed by atoms with Crippen molar-refractivity contribution in [3.63, 3.8) is 0 Å². The van der Waals surface area contributed by atoms with Crippen LogP contribution < -0.4 is 0 Å². The van der Waals surface area contributed by atoms with E-state index in [1.54, 1.807) is 0 Å². The van der Waals surface area contributed by atoms with E-state index in [2.05, 4.69) is 113 Å². The van der Waals surface area contributed by atoms with Crippen molar-refractivity contribution in [3.8, 4) is 34.4 Å². The third-order valence-corrected chi connectivity index (χ3v) is 13.6. The minimum atomic E-state index is -1.32. The molecule has 2 saturated carbocycles. The van der Waals surface area contributed by atoms with Gasteiger partial charge in [-0.25, -0.2) is 0 Å². The number of unbranched alkanes of at least 4 members (excludes halogenated alkanes) is 6. The summed E-state index contributed by atoms with van der Waals surface area (Å²) in [5.74, 6) is -2.17. The molecule has 2 N–H and O–H groups in total. The first-order chi connectivity index (χ1) is 29.0. The molecule has 316 valence electrons. The number of carboxylic acids is 2. The molecule has 0 aromatic heterocycles. The number of nitrogens with zero attached hydrogens (tertiary/aromatic N) is 2. The quantitative estimate of drug-likeness (QED) is 0.109. The molecule has 6 atom stereocenters. The first-order valence-electron chi connectivity index (χ1n) is 22.7. The maximum absolute atomic E-state index is 12.1. The third kappa shape index (κ3) is 10.8. The van der Waals surface area contributed by atoms with Crippen LogP contribution in [0, 0.1) is 45.3 Å². The minimum Gasteiger partial charge on any atom is -0.480 e. The Hall–Kier alpha value is -5.20. The summed E-state index contributed by atoms with van der Waals surface area (Å²) >= 11 is 0. The van der Waals surface area contributed by atoms with Crippen molar-refractivity contribution in [2.45, 2.75) is 142 Å². The monoisotopic (exact) mass is 807 g/mol. The summed E-state index contributed by atoms with van der Waals surface area (Å²) in [7, 11) is 0. The van der Waals surface area contributed by atoms with E-state index in [9.17, 15) is 30.3 Å². The molecular formula is C54H66N2O4. The average Bonchev–Trinajstić information content (AvgIpc) is 3.27. The minimum absolute atomic E-state index is 0.173. The highest BCUT2D eigenvalue weighted by molar-refractivity contribution is 5.81. The van der Waals surface area contributed by atoms with Crippen LogP contribution >= 0.6 is 0 Å². The first kappa shape index (κ1) is 45.9. The molecule has 6 rings (SSSR count). The number of hydrogen-bond donors (Lipinski definition) is 2. The van der Waals surface area contributed by atoms with Crippen molar-refractivity contribution in [1.29, 1.82) is 10.5 Å². The van der Waals surface area contributed by atoms with Gasteiger partial charge in [0.05, 0.1) is 12.1 Å². The molecule has 2 aliphatic rings. The Morgan fingerprint density at radius 2 is 0.850 bits per heavy atom. The van der Waals surface area contributed by atoms with Crippen LogP contribution in [-0.2, 0) is 22.4 Å². The second-order valence-electron chi connectivity index (χ2n) is 17.7. The standard InChI is InChI=1S/C28H35NO2.C26H31NO2/c1-3-4-5-6-7-10-22-11-13-23(14-12-22)24-15-17-25(18-16-24)26-21(2)9-8-19-28(26,20-29)27(30)31;1-3-4-5-8-20-9-11-21(12-10-20)22-13-15-23(16-14-22)24-19(2)7-6-17-26(24,18-27)25(28)29/h11-18,21,26H,3-10,19H2,1-2H3,(H,30,31);9-16,19,24H,3-8,17H2,1-2H3,(H,28,29). The summed E-state index contributed by atoms with van der Waals surface area (Å²) < 4.78 is 0. The lowest BCUT2D eigenvalue weighted by Gasteiger charge is -2.40. The summed E-state index contributed by atoms with van der Waals surface area (Å²) in [6, 6.07) is 38.2. The highest BCUT2D eigenvalue weighted by atomic mass is 16.4. The van der Waals surface area contributed by atoms with E-state index in [4.69, 9.17) is 0 Å². The second kappa shape index (κ2) is 21.9. The largest absolute Gasteiger partial charge is 0.480 e. The van der Waals surface area contributed by atoms with Gasteiger partial charge in [-0.3, -0.25) is 9.59 Å². The molecular weight excluding hydrogens is 741 g/mol. The van der Waals surface area contributed by atoms with E-state index in [1.165, 1.54) is 68.1 Å². The zero-order valence-corrected chi connectivity index (χ0v) is 36.5. The molecule has 6 unspecified atom stereocenters. The van der Waals surface area contributed by atoms with Gasteiger partial charge < -0.3 is 10.2 Å². The fraction of sp³-hybridized carbons (Fsp3) is 0.481. The molecule has 4 aromatic rings. The van der Waals surface area contributed by atoms with Crippen LogP contribution in [0.4, 0.5) is 0 Å². The normalized spacial score (nSPS) is 23.6. The van der Waals surface area contributed by atoms with Gasteiger partial charge in [0, 0.05) is 11.8 Å². The van der Waals surface area contributed by atoms with Crippen molar-refractivity contribution in [1.82, 2.24) is 0 Å².